The average molecular weight is 541 g/mol. The second kappa shape index (κ2) is 9.00. The van der Waals surface area contributed by atoms with E-state index in [0.29, 0.717) is 24.3 Å². The van der Waals surface area contributed by atoms with Gasteiger partial charge in [0.15, 0.2) is 0 Å². The molecule has 3 rings (SSSR count). The second-order valence-corrected chi connectivity index (χ2v) is 7.91. The van der Waals surface area contributed by atoms with Crippen LogP contribution in [0.4, 0.5) is 58.4 Å². The summed E-state index contributed by atoms with van der Waals surface area (Å²) in [6.45, 7) is 8.70. The Hall–Kier alpha value is -3.69. The van der Waals surface area contributed by atoms with Gasteiger partial charge in [-0.3, -0.25) is 0 Å². The van der Waals surface area contributed by atoms with Crippen molar-refractivity contribution in [1.29, 1.82) is 0 Å². The van der Waals surface area contributed by atoms with E-state index in [-0.39, 0.29) is 17.7 Å². The Morgan fingerprint density at radius 2 is 0.757 bits per heavy atom. The van der Waals surface area contributed by atoms with Crippen molar-refractivity contribution in [3.8, 4) is 22.3 Å². The smallest absolute Gasteiger partial charge is 0.237 e. The van der Waals surface area contributed by atoms with E-state index in [9.17, 15) is 52.7 Å². The van der Waals surface area contributed by atoms with Gasteiger partial charge in [-0.15, -0.1) is 0 Å². The monoisotopic (exact) mass is 541 g/mol. The van der Waals surface area contributed by atoms with Crippen molar-refractivity contribution in [2.75, 3.05) is 0 Å². The molecule has 196 valence electrons. The van der Waals surface area contributed by atoms with Gasteiger partial charge in [0, 0.05) is 0 Å². The number of hydrogen-bond acceptors (Lipinski definition) is 0. The minimum atomic E-state index is -5.23. The minimum absolute atomic E-state index is 0.0503. The summed E-state index contributed by atoms with van der Waals surface area (Å²) in [5.74, 6) is 0. The summed E-state index contributed by atoms with van der Waals surface area (Å²) in [7, 11) is 0. The van der Waals surface area contributed by atoms with Gasteiger partial charge in [-0.1, -0.05) is 17.7 Å². The molecule has 0 atom stereocenters. The third kappa shape index (κ3) is 6.00. The van der Waals surface area contributed by atoms with Crippen molar-refractivity contribution in [2.24, 2.45) is 0 Å². The first-order valence-corrected chi connectivity index (χ1v) is 9.83. The number of alkyl halides is 12. The van der Waals surface area contributed by atoms with Crippen LogP contribution in [-0.4, -0.2) is 0 Å². The fraction of sp³-hybridized carbons (Fsp3) is 0.208. The Morgan fingerprint density at radius 3 is 0.973 bits per heavy atom. The van der Waals surface area contributed by atoms with Gasteiger partial charge in [0.1, 0.15) is 0 Å². The highest BCUT2D eigenvalue weighted by Crippen LogP contribution is 2.46. The number of benzene rings is 3. The van der Waals surface area contributed by atoms with Crippen molar-refractivity contribution in [3.63, 3.8) is 0 Å². The molecule has 0 aliphatic heterocycles. The van der Waals surface area contributed by atoms with Gasteiger partial charge in [0.05, 0.1) is 28.8 Å². The molecule has 0 heterocycles. The Bertz CT molecular complexity index is 1220. The van der Waals surface area contributed by atoms with E-state index in [1.807, 2.05) is 0 Å². The van der Waals surface area contributed by atoms with Crippen LogP contribution in [0.5, 0.6) is 0 Å². The fourth-order valence-electron chi connectivity index (χ4n) is 3.56. The zero-order valence-corrected chi connectivity index (χ0v) is 18.1. The average Bonchev–Trinajstić information content (AvgIpc) is 2.75. The topological polar surface area (TPSA) is 4.36 Å². The van der Waals surface area contributed by atoms with Gasteiger partial charge in [-0.05, 0) is 65.6 Å². The van der Waals surface area contributed by atoms with E-state index in [1.54, 1.807) is 0 Å². The third-order valence-corrected chi connectivity index (χ3v) is 5.16. The molecule has 0 unspecified atom stereocenters. The maximum absolute atomic E-state index is 13.3. The first-order valence-electron chi connectivity index (χ1n) is 9.83. The van der Waals surface area contributed by atoms with E-state index < -0.39 is 74.9 Å². The van der Waals surface area contributed by atoms with Crippen molar-refractivity contribution in [2.45, 2.75) is 31.6 Å². The summed E-state index contributed by atoms with van der Waals surface area (Å²) >= 11 is 0. The predicted octanol–water partition coefficient (Wildman–Crippen LogP) is 9.96. The van der Waals surface area contributed by atoms with Crippen molar-refractivity contribution < 1.29 is 52.7 Å². The Labute approximate surface area is 200 Å². The molecule has 0 saturated carbocycles. The van der Waals surface area contributed by atoms with Crippen molar-refractivity contribution in [1.82, 2.24) is 0 Å². The quantitative estimate of drug-likeness (QED) is 0.225. The molecule has 0 spiro atoms. The normalized spacial score (nSPS) is 13.0. The van der Waals surface area contributed by atoms with Crippen LogP contribution in [-0.2, 0) is 24.7 Å². The first-order chi connectivity index (χ1) is 16.7. The number of aryl methyl sites for hydroxylation is 1. The molecule has 0 saturated heterocycles. The summed E-state index contributed by atoms with van der Waals surface area (Å²) in [6, 6.07) is 2.99. The number of nitrogens with zero attached hydrogens (tertiary/aromatic N) is 1. The molecule has 37 heavy (non-hydrogen) atoms. The highest BCUT2D eigenvalue weighted by atomic mass is 19.4. The van der Waals surface area contributed by atoms with Gasteiger partial charge < -0.3 is 0 Å². The SMILES string of the molecule is [C-]#[N+]c1c(-c2cc(C(F)(F)F)cc(C(F)(F)F)c2)cc(C)cc1-c1cc(C(F)(F)F)cc(C(F)(F)F)c1. The second-order valence-electron chi connectivity index (χ2n) is 7.91. The lowest BCUT2D eigenvalue weighted by molar-refractivity contribution is -0.144. The molecule has 3 aromatic carbocycles. The molecule has 1 nitrogen and oxygen atoms in total. The van der Waals surface area contributed by atoms with Crippen LogP contribution in [0.2, 0.25) is 0 Å². The Morgan fingerprint density at radius 1 is 0.486 bits per heavy atom. The van der Waals surface area contributed by atoms with Crippen LogP contribution in [0.1, 0.15) is 27.8 Å². The maximum Gasteiger partial charge on any atom is 0.416 e. The molecule has 0 aliphatic rings. The maximum atomic E-state index is 13.3. The highest BCUT2D eigenvalue weighted by Gasteiger charge is 2.39. The van der Waals surface area contributed by atoms with E-state index in [1.165, 1.54) is 6.92 Å². The van der Waals surface area contributed by atoms with E-state index >= 15 is 0 Å². The van der Waals surface area contributed by atoms with Crippen LogP contribution in [0.25, 0.3) is 27.1 Å². The van der Waals surface area contributed by atoms with Crippen LogP contribution in [0, 0.1) is 13.5 Å². The predicted molar refractivity (Wildman–Crippen MR) is 108 cm³/mol. The summed E-state index contributed by atoms with van der Waals surface area (Å²) in [5.41, 5.74) is -10.1. The van der Waals surface area contributed by atoms with E-state index in [0.717, 1.165) is 12.1 Å². The molecular weight excluding hydrogens is 530 g/mol. The molecule has 0 radical (unpaired) electrons. The molecule has 0 aliphatic carbocycles. The molecule has 0 bridgehead atoms. The molecule has 0 aromatic heterocycles. The molecule has 13 heteroatoms. The van der Waals surface area contributed by atoms with Crippen LogP contribution in [0.15, 0.2) is 48.5 Å². The van der Waals surface area contributed by atoms with E-state index in [4.69, 9.17) is 6.57 Å². The van der Waals surface area contributed by atoms with E-state index in [2.05, 4.69) is 4.85 Å². The van der Waals surface area contributed by atoms with Gasteiger partial charge in [0.25, 0.3) is 0 Å². The lowest BCUT2D eigenvalue weighted by Crippen LogP contribution is -2.11. The summed E-state index contributed by atoms with van der Waals surface area (Å²) in [5, 5.41) is 0. The lowest BCUT2D eigenvalue weighted by atomic mass is 9.90. The minimum Gasteiger partial charge on any atom is -0.237 e. The molecule has 0 amide bonds. The number of rotatable bonds is 2. The number of hydrogen-bond donors (Lipinski definition) is 0. The summed E-state index contributed by atoms with van der Waals surface area (Å²) in [4.78, 5) is 3.06. The Kier molecular flexibility index (Phi) is 6.79. The van der Waals surface area contributed by atoms with Gasteiger partial charge in [-0.25, -0.2) is 4.85 Å². The van der Waals surface area contributed by atoms with Gasteiger partial charge in [-0.2, -0.15) is 52.7 Å². The van der Waals surface area contributed by atoms with Gasteiger partial charge >= 0.3 is 24.7 Å². The zero-order valence-electron chi connectivity index (χ0n) is 18.1. The van der Waals surface area contributed by atoms with Crippen LogP contribution >= 0.6 is 0 Å². The third-order valence-electron chi connectivity index (χ3n) is 5.16. The van der Waals surface area contributed by atoms with Crippen molar-refractivity contribution >= 4 is 5.69 Å². The summed E-state index contributed by atoms with van der Waals surface area (Å²) in [6.07, 6.45) is -20.9. The molecule has 0 N–H and O–H groups in total. The highest BCUT2D eigenvalue weighted by molar-refractivity contribution is 5.92. The molecule has 3 aromatic rings. The first kappa shape index (κ1) is 27.9. The van der Waals surface area contributed by atoms with Gasteiger partial charge in [0.2, 0.25) is 5.69 Å². The summed E-state index contributed by atoms with van der Waals surface area (Å²) < 4.78 is 160. The zero-order chi connectivity index (χ0) is 28.1. The number of halogens is 12. The molecular formula is C24H11F12N. The van der Waals surface area contributed by atoms with Crippen LogP contribution in [0.3, 0.4) is 0 Å². The Balaban J connectivity index is 2.41. The lowest BCUT2D eigenvalue weighted by Gasteiger charge is -2.18. The molecule has 0 fully saturated rings. The largest absolute Gasteiger partial charge is 0.416 e. The van der Waals surface area contributed by atoms with Crippen LogP contribution < -0.4 is 0 Å². The standard InChI is InChI=1S/C24H11F12N/c1-11-3-18(12-5-14(21(25,26)27)9-15(6-12)22(28,29)30)20(37-2)19(4-11)13-7-16(23(31,32)33)10-17(8-13)24(34,35)36/h3-10H,1H3. The fourth-order valence-corrected chi connectivity index (χ4v) is 3.56. The van der Waals surface area contributed by atoms with Crippen molar-refractivity contribution in [3.05, 3.63) is 87.8 Å².